The second kappa shape index (κ2) is 7.31. The Morgan fingerprint density at radius 1 is 1.21 bits per heavy atom. The molecule has 1 aromatic heterocycles. The van der Waals surface area contributed by atoms with Gasteiger partial charge < -0.3 is 10.1 Å². The lowest BCUT2D eigenvalue weighted by Gasteiger charge is -2.29. The van der Waals surface area contributed by atoms with Gasteiger partial charge in [-0.3, -0.25) is 0 Å². The highest BCUT2D eigenvalue weighted by atomic mass is 16.5. The third-order valence-electron chi connectivity index (χ3n) is 3.83. The van der Waals surface area contributed by atoms with Gasteiger partial charge in [-0.2, -0.15) is 0 Å². The Labute approximate surface area is 116 Å². The lowest BCUT2D eigenvalue weighted by Crippen LogP contribution is -2.26. The average molecular weight is 263 g/mol. The van der Waals surface area contributed by atoms with Gasteiger partial charge in [0.15, 0.2) is 0 Å². The molecular formula is C15H25N3O. The van der Waals surface area contributed by atoms with Crippen LogP contribution in [0.5, 0.6) is 5.88 Å². The molecule has 1 aliphatic rings. The van der Waals surface area contributed by atoms with Gasteiger partial charge in [0.1, 0.15) is 12.1 Å². The summed E-state index contributed by atoms with van der Waals surface area (Å²) in [5.41, 5.74) is 0. The summed E-state index contributed by atoms with van der Waals surface area (Å²) in [5.74, 6) is 2.48. The maximum atomic E-state index is 5.39. The Kier molecular flexibility index (Phi) is 5.43. The fourth-order valence-corrected chi connectivity index (χ4v) is 2.86. The minimum Gasteiger partial charge on any atom is -0.478 e. The minimum absolute atomic E-state index is 0.553. The van der Waals surface area contributed by atoms with Gasteiger partial charge in [-0.1, -0.05) is 19.8 Å². The average Bonchev–Trinajstić information content (AvgIpc) is 2.42. The van der Waals surface area contributed by atoms with Crippen molar-refractivity contribution in [2.45, 2.75) is 58.4 Å². The van der Waals surface area contributed by atoms with Crippen molar-refractivity contribution in [1.29, 1.82) is 0 Å². The highest BCUT2D eigenvalue weighted by Gasteiger charge is 2.20. The molecule has 4 nitrogen and oxygen atoms in total. The van der Waals surface area contributed by atoms with E-state index >= 15 is 0 Å². The fourth-order valence-electron chi connectivity index (χ4n) is 2.86. The van der Waals surface area contributed by atoms with Crippen molar-refractivity contribution in [3.63, 3.8) is 0 Å². The van der Waals surface area contributed by atoms with Crippen molar-refractivity contribution in [1.82, 2.24) is 9.97 Å². The molecule has 0 bridgehead atoms. The fraction of sp³-hybridized carbons (Fsp3) is 0.733. The third-order valence-corrected chi connectivity index (χ3v) is 3.83. The minimum atomic E-state index is 0.553. The number of anilines is 1. The van der Waals surface area contributed by atoms with Crippen molar-refractivity contribution in [3.8, 4) is 5.88 Å². The first-order chi connectivity index (χ1) is 9.31. The van der Waals surface area contributed by atoms with Crippen LogP contribution >= 0.6 is 0 Å². The van der Waals surface area contributed by atoms with Crippen LogP contribution in [0.2, 0.25) is 0 Å². The molecule has 19 heavy (non-hydrogen) atoms. The number of nitrogens with one attached hydrogen (secondary N) is 1. The van der Waals surface area contributed by atoms with Gasteiger partial charge in [0.2, 0.25) is 5.88 Å². The van der Waals surface area contributed by atoms with Crippen LogP contribution in [0.1, 0.15) is 52.4 Å². The summed E-state index contributed by atoms with van der Waals surface area (Å²) < 4.78 is 5.39. The number of ether oxygens (including phenoxy) is 1. The van der Waals surface area contributed by atoms with Crippen molar-refractivity contribution >= 4 is 5.82 Å². The van der Waals surface area contributed by atoms with E-state index in [1.165, 1.54) is 38.5 Å². The predicted molar refractivity (Wildman–Crippen MR) is 77.5 cm³/mol. The molecule has 1 aromatic rings. The molecule has 4 heteroatoms. The van der Waals surface area contributed by atoms with Gasteiger partial charge in [0.25, 0.3) is 0 Å². The molecule has 1 aliphatic carbocycles. The Morgan fingerprint density at radius 2 is 2.00 bits per heavy atom. The van der Waals surface area contributed by atoms with Crippen molar-refractivity contribution < 1.29 is 4.74 Å². The number of hydrogen-bond acceptors (Lipinski definition) is 4. The first-order valence-electron chi connectivity index (χ1n) is 7.53. The molecule has 0 saturated heterocycles. The molecule has 1 fully saturated rings. The quantitative estimate of drug-likeness (QED) is 0.851. The van der Waals surface area contributed by atoms with Gasteiger partial charge in [0.05, 0.1) is 6.61 Å². The van der Waals surface area contributed by atoms with Gasteiger partial charge >= 0.3 is 0 Å². The highest BCUT2D eigenvalue weighted by molar-refractivity contribution is 5.38. The van der Waals surface area contributed by atoms with Crippen LogP contribution < -0.4 is 10.1 Å². The Hall–Kier alpha value is -1.32. The van der Waals surface area contributed by atoms with Crippen LogP contribution in [0.15, 0.2) is 12.4 Å². The normalized spacial score (nSPS) is 23.1. The molecule has 0 aromatic carbocycles. The van der Waals surface area contributed by atoms with Gasteiger partial charge in [-0.15, -0.1) is 0 Å². The molecule has 1 N–H and O–H groups in total. The van der Waals surface area contributed by atoms with Gasteiger partial charge in [0, 0.05) is 12.1 Å². The number of aromatic nitrogens is 2. The Bertz CT molecular complexity index is 375. The lowest BCUT2D eigenvalue weighted by molar-refractivity contribution is 0.317. The smallest absolute Gasteiger partial charge is 0.218 e. The van der Waals surface area contributed by atoms with Crippen molar-refractivity contribution in [3.05, 3.63) is 12.4 Å². The summed E-state index contributed by atoms with van der Waals surface area (Å²) in [6.07, 6.45) is 9.44. The maximum Gasteiger partial charge on any atom is 0.218 e. The number of hydrogen-bond donors (Lipinski definition) is 1. The van der Waals surface area contributed by atoms with E-state index in [4.69, 9.17) is 4.74 Å². The van der Waals surface area contributed by atoms with Crippen molar-refractivity contribution in [2.24, 2.45) is 5.92 Å². The number of rotatable bonds is 6. The maximum absolute atomic E-state index is 5.39. The van der Waals surface area contributed by atoms with Crippen molar-refractivity contribution in [2.75, 3.05) is 11.9 Å². The van der Waals surface area contributed by atoms with E-state index < -0.39 is 0 Å². The zero-order valence-corrected chi connectivity index (χ0v) is 12.1. The summed E-state index contributed by atoms with van der Waals surface area (Å²) >= 11 is 0. The Balaban J connectivity index is 1.83. The molecule has 0 amide bonds. The van der Waals surface area contributed by atoms with Crippen LogP contribution in [0, 0.1) is 5.92 Å². The molecule has 2 rings (SSSR count). The van der Waals surface area contributed by atoms with E-state index in [1.54, 1.807) is 6.33 Å². The summed E-state index contributed by atoms with van der Waals surface area (Å²) in [6, 6.07) is 2.44. The van der Waals surface area contributed by atoms with Crippen LogP contribution in [0.3, 0.4) is 0 Å². The van der Waals surface area contributed by atoms with Crippen LogP contribution in [-0.4, -0.2) is 22.6 Å². The molecule has 1 saturated carbocycles. The van der Waals surface area contributed by atoms with Gasteiger partial charge in [-0.05, 0) is 38.5 Å². The molecule has 0 spiro atoms. The molecular weight excluding hydrogens is 238 g/mol. The number of nitrogens with zero attached hydrogens (tertiary/aromatic N) is 2. The molecule has 0 atom stereocenters. The Morgan fingerprint density at radius 3 is 2.68 bits per heavy atom. The van der Waals surface area contributed by atoms with E-state index in [0.717, 1.165) is 11.7 Å². The molecule has 1 heterocycles. The summed E-state index contributed by atoms with van der Waals surface area (Å²) in [4.78, 5) is 8.35. The SMILES string of the molecule is CCCC1CCC(Nc2cc(OCC)ncn2)CC1. The standard InChI is InChI=1S/C15H25N3O/c1-3-5-12-6-8-13(9-7-12)18-14-10-15(19-4-2)17-11-16-14/h10-13H,3-9H2,1-2H3,(H,16,17,18). The monoisotopic (exact) mass is 263 g/mol. The summed E-state index contributed by atoms with van der Waals surface area (Å²) in [5, 5.41) is 3.51. The van der Waals surface area contributed by atoms with E-state index in [2.05, 4.69) is 22.2 Å². The molecule has 0 radical (unpaired) electrons. The van der Waals surface area contributed by atoms with E-state index in [0.29, 0.717) is 18.5 Å². The van der Waals surface area contributed by atoms with Crippen LogP contribution in [0.4, 0.5) is 5.82 Å². The second-order valence-electron chi connectivity index (χ2n) is 5.33. The first kappa shape index (κ1) is 14.1. The second-order valence-corrected chi connectivity index (χ2v) is 5.33. The topological polar surface area (TPSA) is 47.0 Å². The van der Waals surface area contributed by atoms with E-state index in [1.807, 2.05) is 13.0 Å². The predicted octanol–water partition coefficient (Wildman–Crippen LogP) is 3.65. The van der Waals surface area contributed by atoms with E-state index in [9.17, 15) is 0 Å². The first-order valence-corrected chi connectivity index (χ1v) is 7.53. The zero-order valence-electron chi connectivity index (χ0n) is 12.1. The van der Waals surface area contributed by atoms with E-state index in [-0.39, 0.29) is 0 Å². The lowest BCUT2D eigenvalue weighted by atomic mass is 9.83. The summed E-state index contributed by atoms with van der Waals surface area (Å²) in [6.45, 7) is 4.88. The van der Waals surface area contributed by atoms with Gasteiger partial charge in [-0.25, -0.2) is 9.97 Å². The molecule has 0 unspecified atom stereocenters. The van der Waals surface area contributed by atoms with Crippen LogP contribution in [-0.2, 0) is 0 Å². The molecule has 106 valence electrons. The van der Waals surface area contributed by atoms with Crippen LogP contribution in [0.25, 0.3) is 0 Å². The summed E-state index contributed by atoms with van der Waals surface area (Å²) in [7, 11) is 0. The zero-order chi connectivity index (χ0) is 13.5. The third kappa shape index (κ3) is 4.37. The molecule has 0 aliphatic heterocycles. The largest absolute Gasteiger partial charge is 0.478 e. The highest BCUT2D eigenvalue weighted by Crippen LogP contribution is 2.29.